The van der Waals surface area contributed by atoms with Crippen molar-refractivity contribution < 1.29 is 19.0 Å². The third-order valence-electron chi connectivity index (χ3n) is 3.66. The molecule has 130 valence electrons. The number of hydrogen-bond acceptors (Lipinski definition) is 5. The van der Waals surface area contributed by atoms with Gasteiger partial charge in [-0.15, -0.1) is 0 Å². The zero-order valence-corrected chi connectivity index (χ0v) is 14.5. The summed E-state index contributed by atoms with van der Waals surface area (Å²) in [5.41, 5.74) is 1.86. The van der Waals surface area contributed by atoms with E-state index in [1.165, 1.54) is 0 Å². The van der Waals surface area contributed by atoms with Crippen LogP contribution in [0.1, 0.15) is 17.5 Å². The first-order chi connectivity index (χ1) is 11.6. The van der Waals surface area contributed by atoms with Crippen LogP contribution in [0.15, 0.2) is 24.5 Å². The quantitative estimate of drug-likeness (QED) is 0.796. The smallest absolute Gasteiger partial charge is 0.220 e. The molecule has 0 aliphatic carbocycles. The lowest BCUT2D eigenvalue weighted by Crippen LogP contribution is -2.23. The van der Waals surface area contributed by atoms with Crippen molar-refractivity contribution in [2.75, 3.05) is 21.3 Å². The number of carbonyl (C=O) groups excluding carboxylic acids is 1. The number of hydrogen-bond donors (Lipinski definition) is 1. The minimum Gasteiger partial charge on any atom is -0.493 e. The molecule has 2 aromatic rings. The molecule has 0 spiro atoms. The Labute approximate surface area is 141 Å². The third kappa shape index (κ3) is 4.18. The van der Waals surface area contributed by atoms with Gasteiger partial charge in [0, 0.05) is 31.8 Å². The van der Waals surface area contributed by atoms with E-state index in [0.717, 1.165) is 11.1 Å². The van der Waals surface area contributed by atoms with E-state index in [2.05, 4.69) is 10.4 Å². The van der Waals surface area contributed by atoms with E-state index in [9.17, 15) is 4.79 Å². The molecule has 1 heterocycles. The molecule has 1 amide bonds. The number of ether oxygens (including phenoxy) is 3. The van der Waals surface area contributed by atoms with Crippen LogP contribution in [0.25, 0.3) is 0 Å². The normalized spacial score (nSPS) is 10.3. The van der Waals surface area contributed by atoms with Gasteiger partial charge in [0.2, 0.25) is 11.7 Å². The fraction of sp³-hybridized carbons (Fsp3) is 0.412. The Balaban J connectivity index is 1.96. The summed E-state index contributed by atoms with van der Waals surface area (Å²) in [4.78, 5) is 12.0. The van der Waals surface area contributed by atoms with Gasteiger partial charge in [-0.3, -0.25) is 9.48 Å². The summed E-state index contributed by atoms with van der Waals surface area (Å²) in [6, 6.07) is 3.64. The second-order valence-corrected chi connectivity index (χ2v) is 5.29. The summed E-state index contributed by atoms with van der Waals surface area (Å²) in [7, 11) is 6.53. The molecule has 7 nitrogen and oxygen atoms in total. The topological polar surface area (TPSA) is 74.6 Å². The molecule has 1 aromatic carbocycles. The molecule has 0 aliphatic rings. The lowest BCUT2D eigenvalue weighted by atomic mass is 10.1. The number of aromatic nitrogens is 2. The number of nitrogens with zero attached hydrogens (tertiary/aromatic N) is 2. The highest BCUT2D eigenvalue weighted by molar-refractivity contribution is 5.76. The average molecular weight is 333 g/mol. The molecular formula is C17H23N3O4. The summed E-state index contributed by atoms with van der Waals surface area (Å²) < 4.78 is 17.7. The second kappa shape index (κ2) is 8.24. The lowest BCUT2D eigenvalue weighted by Gasteiger charge is -2.16. The third-order valence-corrected chi connectivity index (χ3v) is 3.66. The summed E-state index contributed by atoms with van der Waals surface area (Å²) in [5, 5.41) is 6.99. The largest absolute Gasteiger partial charge is 0.493 e. The van der Waals surface area contributed by atoms with Crippen LogP contribution in [-0.2, 0) is 24.8 Å². The number of methoxy groups -OCH3 is 3. The van der Waals surface area contributed by atoms with Crippen LogP contribution in [0.2, 0.25) is 0 Å². The first-order valence-corrected chi connectivity index (χ1v) is 7.61. The number of nitrogens with one attached hydrogen (secondary N) is 1. The van der Waals surface area contributed by atoms with Crippen LogP contribution in [-0.4, -0.2) is 37.0 Å². The predicted molar refractivity (Wildman–Crippen MR) is 89.5 cm³/mol. The average Bonchev–Trinajstić information content (AvgIpc) is 3.02. The Kier molecular flexibility index (Phi) is 6.06. The standard InChI is InChI=1S/C17H23N3O4/c1-20-11-12(9-19-20)5-8-15(21)18-10-13-6-7-14(22-2)17(24-4)16(13)23-3/h6-7,9,11H,5,8,10H2,1-4H3,(H,18,21). The molecule has 0 unspecified atom stereocenters. The van der Waals surface area contributed by atoms with Gasteiger partial charge in [-0.25, -0.2) is 0 Å². The molecular weight excluding hydrogens is 310 g/mol. The van der Waals surface area contributed by atoms with Crippen LogP contribution >= 0.6 is 0 Å². The number of rotatable bonds is 8. The minimum absolute atomic E-state index is 0.0318. The van der Waals surface area contributed by atoms with Crippen LogP contribution in [0, 0.1) is 0 Å². The van der Waals surface area contributed by atoms with E-state index in [4.69, 9.17) is 14.2 Å². The maximum absolute atomic E-state index is 12.0. The predicted octanol–water partition coefficient (Wildman–Crippen LogP) is 1.69. The first kappa shape index (κ1) is 17.7. The summed E-state index contributed by atoms with van der Waals surface area (Å²) in [6.45, 7) is 0.357. The monoisotopic (exact) mass is 333 g/mol. The number of amides is 1. The Morgan fingerprint density at radius 1 is 1.17 bits per heavy atom. The molecule has 7 heteroatoms. The van der Waals surface area contributed by atoms with Gasteiger partial charge < -0.3 is 19.5 Å². The number of carbonyl (C=O) groups is 1. The van der Waals surface area contributed by atoms with Crippen LogP contribution in [0.3, 0.4) is 0 Å². The van der Waals surface area contributed by atoms with E-state index in [-0.39, 0.29) is 5.91 Å². The molecule has 0 saturated carbocycles. The van der Waals surface area contributed by atoms with E-state index >= 15 is 0 Å². The minimum atomic E-state index is -0.0318. The Morgan fingerprint density at radius 3 is 2.50 bits per heavy atom. The van der Waals surface area contributed by atoms with Crippen molar-refractivity contribution in [1.82, 2.24) is 15.1 Å². The first-order valence-electron chi connectivity index (χ1n) is 7.61. The molecule has 2 rings (SSSR count). The molecule has 1 N–H and O–H groups in total. The molecule has 1 aromatic heterocycles. The van der Waals surface area contributed by atoms with Crippen molar-refractivity contribution in [2.24, 2.45) is 7.05 Å². The van der Waals surface area contributed by atoms with Crippen LogP contribution in [0.4, 0.5) is 0 Å². The van der Waals surface area contributed by atoms with Crippen molar-refractivity contribution in [1.29, 1.82) is 0 Å². The van der Waals surface area contributed by atoms with Crippen molar-refractivity contribution in [2.45, 2.75) is 19.4 Å². The highest BCUT2D eigenvalue weighted by atomic mass is 16.5. The fourth-order valence-corrected chi connectivity index (χ4v) is 2.44. The van der Waals surface area contributed by atoms with Gasteiger partial charge in [0.25, 0.3) is 0 Å². The van der Waals surface area contributed by atoms with Crippen LogP contribution in [0.5, 0.6) is 17.2 Å². The Hall–Kier alpha value is -2.70. The zero-order valence-electron chi connectivity index (χ0n) is 14.5. The van der Waals surface area contributed by atoms with Gasteiger partial charge in [-0.2, -0.15) is 5.10 Å². The van der Waals surface area contributed by atoms with Gasteiger partial charge in [0.15, 0.2) is 11.5 Å². The summed E-state index contributed by atoms with van der Waals surface area (Å²) >= 11 is 0. The van der Waals surface area contributed by atoms with Crippen LogP contribution < -0.4 is 19.5 Å². The SMILES string of the molecule is COc1ccc(CNC(=O)CCc2cnn(C)c2)c(OC)c1OC. The second-order valence-electron chi connectivity index (χ2n) is 5.29. The molecule has 0 radical (unpaired) electrons. The van der Waals surface area contributed by atoms with Crippen molar-refractivity contribution in [3.63, 3.8) is 0 Å². The molecule has 0 saturated heterocycles. The summed E-state index contributed by atoms with van der Waals surface area (Å²) in [5.74, 6) is 1.63. The fourth-order valence-electron chi connectivity index (χ4n) is 2.44. The van der Waals surface area contributed by atoms with Crippen molar-refractivity contribution in [3.05, 3.63) is 35.7 Å². The maximum Gasteiger partial charge on any atom is 0.220 e. The van der Waals surface area contributed by atoms with Gasteiger partial charge >= 0.3 is 0 Å². The summed E-state index contributed by atoms with van der Waals surface area (Å²) in [6.07, 6.45) is 4.74. The van der Waals surface area contributed by atoms with Crippen molar-refractivity contribution in [3.8, 4) is 17.2 Å². The van der Waals surface area contributed by atoms with E-state index < -0.39 is 0 Å². The molecule has 0 fully saturated rings. The van der Waals surface area contributed by atoms with E-state index in [0.29, 0.717) is 36.6 Å². The molecule has 0 atom stereocenters. The van der Waals surface area contributed by atoms with E-state index in [1.807, 2.05) is 19.3 Å². The van der Waals surface area contributed by atoms with Crippen molar-refractivity contribution >= 4 is 5.91 Å². The van der Waals surface area contributed by atoms with Gasteiger partial charge in [0.1, 0.15) is 0 Å². The Bertz CT molecular complexity index is 697. The molecule has 0 bridgehead atoms. The molecule has 24 heavy (non-hydrogen) atoms. The van der Waals surface area contributed by atoms with Gasteiger partial charge in [-0.1, -0.05) is 0 Å². The number of benzene rings is 1. The highest BCUT2D eigenvalue weighted by Crippen LogP contribution is 2.39. The van der Waals surface area contributed by atoms with E-state index in [1.54, 1.807) is 38.3 Å². The Morgan fingerprint density at radius 2 is 1.92 bits per heavy atom. The van der Waals surface area contributed by atoms with Gasteiger partial charge in [-0.05, 0) is 24.1 Å². The zero-order chi connectivity index (χ0) is 17.5. The lowest BCUT2D eigenvalue weighted by molar-refractivity contribution is -0.121. The number of aryl methyl sites for hydroxylation is 2. The maximum atomic E-state index is 12.0. The molecule has 0 aliphatic heterocycles. The van der Waals surface area contributed by atoms with Gasteiger partial charge in [0.05, 0.1) is 27.5 Å². The highest BCUT2D eigenvalue weighted by Gasteiger charge is 2.16.